The molecule has 0 aliphatic carbocycles. The number of hydrogen-bond donors (Lipinski definition) is 1. The van der Waals surface area contributed by atoms with Crippen molar-refractivity contribution in [3.8, 4) is 11.5 Å². The molecule has 12 heteroatoms. The average Bonchev–Trinajstić information content (AvgIpc) is 2.71. The number of hydrogen-bond acceptors (Lipinski definition) is 5. The maximum Gasteiger partial charge on any atom is 0.418 e. The summed E-state index contributed by atoms with van der Waals surface area (Å²) in [5.41, 5.74) is -1.34. The van der Waals surface area contributed by atoms with Crippen LogP contribution in [-0.2, 0) is 20.5 Å². The molecule has 0 aromatic heterocycles. The minimum Gasteiger partial charge on any atom is -0.493 e. The van der Waals surface area contributed by atoms with Crippen molar-refractivity contribution in [1.29, 1.82) is 0 Å². The van der Waals surface area contributed by atoms with Crippen LogP contribution in [0.3, 0.4) is 0 Å². The zero-order valence-corrected chi connectivity index (χ0v) is 17.0. The van der Waals surface area contributed by atoms with Gasteiger partial charge in [0, 0.05) is 11.1 Å². The third-order valence-corrected chi connectivity index (χ3v) is 3.96. The molecule has 0 atom stereocenters. The van der Waals surface area contributed by atoms with E-state index in [0.717, 1.165) is 18.2 Å². The highest BCUT2D eigenvalue weighted by atomic mass is 35.5. The Labute approximate surface area is 183 Å². The fourth-order valence-corrected chi connectivity index (χ4v) is 2.55. The van der Waals surface area contributed by atoms with Gasteiger partial charge in [0.15, 0.2) is 18.1 Å². The highest BCUT2D eigenvalue weighted by Crippen LogP contribution is 2.36. The molecule has 0 aliphatic heterocycles. The molecule has 0 unspecified atom stereocenters. The minimum absolute atomic E-state index is 0.0105. The summed E-state index contributed by atoms with van der Waals surface area (Å²) in [5, 5.41) is 1.83. The Kier molecular flexibility index (Phi) is 8.41. The van der Waals surface area contributed by atoms with Gasteiger partial charge in [-0.05, 0) is 42.0 Å². The fourth-order valence-electron chi connectivity index (χ4n) is 2.38. The van der Waals surface area contributed by atoms with Crippen LogP contribution < -0.4 is 14.8 Å². The summed E-state index contributed by atoms with van der Waals surface area (Å²) in [5.74, 6) is -2.20. The van der Waals surface area contributed by atoms with Crippen molar-refractivity contribution in [2.75, 3.05) is 19.0 Å². The zero-order valence-electron chi connectivity index (χ0n) is 16.2. The van der Waals surface area contributed by atoms with E-state index >= 15 is 0 Å². The molecular formula is C20H15ClF5NO5. The Hall–Kier alpha value is -3.34. The first-order valence-electron chi connectivity index (χ1n) is 8.64. The third kappa shape index (κ3) is 7.41. The predicted molar refractivity (Wildman–Crippen MR) is 105 cm³/mol. The molecule has 0 spiro atoms. The summed E-state index contributed by atoms with van der Waals surface area (Å²) in [4.78, 5) is 23.6. The van der Waals surface area contributed by atoms with Gasteiger partial charge in [-0.3, -0.25) is 4.79 Å². The molecule has 0 heterocycles. The topological polar surface area (TPSA) is 73.9 Å². The predicted octanol–water partition coefficient (Wildman–Crippen LogP) is 5.16. The summed E-state index contributed by atoms with van der Waals surface area (Å²) in [6, 6.07) is 6.65. The molecule has 1 amide bonds. The molecule has 0 saturated carbocycles. The van der Waals surface area contributed by atoms with Crippen LogP contribution in [-0.4, -0.2) is 32.2 Å². The first-order chi connectivity index (χ1) is 15.0. The number of esters is 1. The van der Waals surface area contributed by atoms with Crippen LogP contribution in [0.4, 0.5) is 27.6 Å². The molecule has 0 bridgehead atoms. The molecule has 0 saturated heterocycles. The second kappa shape index (κ2) is 10.8. The SMILES string of the molecule is COc1cc(/C=C/C(=O)OCC(=O)Nc2ccc(Cl)cc2C(F)(F)F)ccc1OC(F)F. The Morgan fingerprint density at radius 3 is 2.47 bits per heavy atom. The monoisotopic (exact) mass is 479 g/mol. The maximum absolute atomic E-state index is 13.0. The van der Waals surface area contributed by atoms with E-state index in [1.54, 1.807) is 0 Å². The van der Waals surface area contributed by atoms with Gasteiger partial charge in [-0.2, -0.15) is 22.0 Å². The second-order valence-corrected chi connectivity index (χ2v) is 6.40. The van der Waals surface area contributed by atoms with E-state index in [0.29, 0.717) is 11.6 Å². The first kappa shape index (κ1) is 24.9. The molecule has 0 radical (unpaired) electrons. The largest absolute Gasteiger partial charge is 0.493 e. The van der Waals surface area contributed by atoms with Crippen molar-refractivity contribution in [1.82, 2.24) is 0 Å². The fraction of sp³-hybridized carbons (Fsp3) is 0.200. The Morgan fingerprint density at radius 2 is 1.84 bits per heavy atom. The van der Waals surface area contributed by atoms with Gasteiger partial charge in [-0.25, -0.2) is 4.79 Å². The second-order valence-electron chi connectivity index (χ2n) is 5.97. The van der Waals surface area contributed by atoms with E-state index in [4.69, 9.17) is 16.3 Å². The molecule has 2 aromatic carbocycles. The zero-order chi connectivity index (χ0) is 23.9. The van der Waals surface area contributed by atoms with Crippen molar-refractivity contribution < 1.29 is 45.8 Å². The summed E-state index contributed by atoms with van der Waals surface area (Å²) in [6.07, 6.45) is -2.58. The molecular weight excluding hydrogens is 465 g/mol. The quantitative estimate of drug-likeness (QED) is 0.321. The van der Waals surface area contributed by atoms with E-state index in [-0.39, 0.29) is 16.5 Å². The first-order valence-corrected chi connectivity index (χ1v) is 9.01. The number of ether oxygens (including phenoxy) is 3. The van der Waals surface area contributed by atoms with Gasteiger partial charge >= 0.3 is 18.8 Å². The molecule has 6 nitrogen and oxygen atoms in total. The van der Waals surface area contributed by atoms with Gasteiger partial charge in [0.1, 0.15) is 0 Å². The number of alkyl halides is 5. The van der Waals surface area contributed by atoms with Crippen molar-refractivity contribution >= 4 is 35.2 Å². The van der Waals surface area contributed by atoms with E-state index in [2.05, 4.69) is 9.47 Å². The highest BCUT2D eigenvalue weighted by molar-refractivity contribution is 6.30. The maximum atomic E-state index is 13.0. The van der Waals surface area contributed by atoms with Crippen LogP contribution in [0.2, 0.25) is 5.02 Å². The normalized spacial score (nSPS) is 11.5. The van der Waals surface area contributed by atoms with Gasteiger partial charge in [0.05, 0.1) is 18.4 Å². The molecule has 0 aliphatic rings. The van der Waals surface area contributed by atoms with Crippen molar-refractivity contribution in [2.24, 2.45) is 0 Å². The molecule has 2 aromatic rings. The minimum atomic E-state index is -4.76. The van der Waals surface area contributed by atoms with Crippen LogP contribution in [0.5, 0.6) is 11.5 Å². The highest BCUT2D eigenvalue weighted by Gasteiger charge is 2.34. The third-order valence-electron chi connectivity index (χ3n) is 3.72. The number of nitrogens with one attached hydrogen (secondary N) is 1. The van der Waals surface area contributed by atoms with E-state index < -0.39 is 42.5 Å². The van der Waals surface area contributed by atoms with Gasteiger partial charge in [-0.15, -0.1) is 0 Å². The van der Waals surface area contributed by atoms with Crippen molar-refractivity contribution in [3.05, 3.63) is 58.6 Å². The van der Waals surface area contributed by atoms with E-state index in [1.807, 2.05) is 5.32 Å². The molecule has 0 fully saturated rings. The summed E-state index contributed by atoms with van der Waals surface area (Å²) >= 11 is 5.56. The number of carbonyl (C=O) groups excluding carboxylic acids is 2. The number of anilines is 1. The van der Waals surface area contributed by atoms with Crippen LogP contribution in [0, 0.1) is 0 Å². The molecule has 172 valence electrons. The standard InChI is InChI=1S/C20H15ClF5NO5/c1-30-16-8-11(2-6-15(16)32-19(22)23)3-7-18(29)31-10-17(28)27-14-5-4-12(21)9-13(14)20(24,25)26/h2-9,19H,10H2,1H3,(H,27,28)/b7-3+. The van der Waals surface area contributed by atoms with E-state index in [1.165, 1.54) is 31.4 Å². The Bertz CT molecular complexity index is 1010. The molecule has 2 rings (SSSR count). The summed E-state index contributed by atoms with van der Waals surface area (Å²) in [6.45, 7) is -3.90. The van der Waals surface area contributed by atoms with Crippen LogP contribution in [0.15, 0.2) is 42.5 Å². The Balaban J connectivity index is 1.96. The van der Waals surface area contributed by atoms with Crippen LogP contribution >= 0.6 is 11.6 Å². The van der Waals surface area contributed by atoms with Crippen LogP contribution in [0.25, 0.3) is 6.08 Å². The number of rotatable bonds is 8. The lowest BCUT2D eigenvalue weighted by atomic mass is 10.1. The Morgan fingerprint density at radius 1 is 1.12 bits per heavy atom. The number of amides is 1. The number of methoxy groups -OCH3 is 1. The van der Waals surface area contributed by atoms with Gasteiger partial charge in [0.2, 0.25) is 0 Å². The lowest BCUT2D eigenvalue weighted by Gasteiger charge is -2.14. The van der Waals surface area contributed by atoms with Crippen molar-refractivity contribution in [3.63, 3.8) is 0 Å². The molecule has 32 heavy (non-hydrogen) atoms. The van der Waals surface area contributed by atoms with E-state index in [9.17, 15) is 31.5 Å². The van der Waals surface area contributed by atoms with Crippen molar-refractivity contribution in [2.45, 2.75) is 12.8 Å². The lowest BCUT2D eigenvalue weighted by molar-refractivity contribution is -0.142. The summed E-state index contributed by atoms with van der Waals surface area (Å²) < 4.78 is 77.6. The number of benzene rings is 2. The molecule has 1 N–H and O–H groups in total. The smallest absolute Gasteiger partial charge is 0.418 e. The lowest BCUT2D eigenvalue weighted by Crippen LogP contribution is -2.22. The van der Waals surface area contributed by atoms with Gasteiger partial charge in [0.25, 0.3) is 5.91 Å². The van der Waals surface area contributed by atoms with Crippen LogP contribution in [0.1, 0.15) is 11.1 Å². The van der Waals surface area contributed by atoms with Gasteiger partial charge in [-0.1, -0.05) is 17.7 Å². The number of carbonyl (C=O) groups is 2. The van der Waals surface area contributed by atoms with Gasteiger partial charge < -0.3 is 19.5 Å². The summed E-state index contributed by atoms with van der Waals surface area (Å²) in [7, 11) is 1.24. The number of halogens is 6. The average molecular weight is 480 g/mol.